The molecule has 2 fully saturated rings. The zero-order valence-corrected chi connectivity index (χ0v) is 10.4. The Morgan fingerprint density at radius 3 is 3.00 bits per heavy atom. The lowest BCUT2D eigenvalue weighted by atomic mass is 10.00. The second-order valence-electron chi connectivity index (χ2n) is 5.47. The standard InChI is InChI=1S/C13H21N3O/c1-2-16-7-10(5-14-16)6-15-8-11-3-4-13(17)12(11)9-15/h5,7,11-13,17H,2-4,6,8-9H2,1H3. The third-order valence-corrected chi connectivity index (χ3v) is 4.31. The van der Waals surface area contributed by atoms with Gasteiger partial charge in [-0.1, -0.05) is 0 Å². The lowest BCUT2D eigenvalue weighted by molar-refractivity contribution is 0.123. The average molecular weight is 235 g/mol. The number of hydrogen-bond donors (Lipinski definition) is 1. The molecule has 1 aromatic heterocycles. The molecular formula is C13H21N3O. The lowest BCUT2D eigenvalue weighted by Gasteiger charge is -2.16. The van der Waals surface area contributed by atoms with E-state index in [0.717, 1.165) is 38.5 Å². The summed E-state index contributed by atoms with van der Waals surface area (Å²) < 4.78 is 1.97. The molecule has 1 saturated heterocycles. The zero-order chi connectivity index (χ0) is 11.8. The summed E-state index contributed by atoms with van der Waals surface area (Å²) in [5.74, 6) is 1.25. The monoisotopic (exact) mass is 235 g/mol. The van der Waals surface area contributed by atoms with Crippen molar-refractivity contribution in [3.8, 4) is 0 Å². The van der Waals surface area contributed by atoms with Gasteiger partial charge in [0.2, 0.25) is 0 Å². The number of likely N-dealkylation sites (tertiary alicyclic amines) is 1. The molecule has 0 radical (unpaired) electrons. The molecule has 0 amide bonds. The minimum absolute atomic E-state index is 0.0524. The van der Waals surface area contributed by atoms with Gasteiger partial charge >= 0.3 is 0 Å². The minimum atomic E-state index is -0.0524. The number of aliphatic hydroxyl groups excluding tert-OH is 1. The predicted molar refractivity (Wildman–Crippen MR) is 65.4 cm³/mol. The van der Waals surface area contributed by atoms with E-state index >= 15 is 0 Å². The average Bonchev–Trinajstić information content (AvgIpc) is 2.98. The molecular weight excluding hydrogens is 214 g/mol. The van der Waals surface area contributed by atoms with Crippen molar-refractivity contribution in [3.05, 3.63) is 18.0 Å². The molecule has 94 valence electrons. The SMILES string of the molecule is CCn1cc(CN2CC3CCC(O)C3C2)cn1. The molecule has 1 aliphatic carbocycles. The summed E-state index contributed by atoms with van der Waals surface area (Å²) in [4.78, 5) is 2.47. The number of fused-ring (bicyclic) bond motifs is 1. The molecule has 4 nitrogen and oxygen atoms in total. The number of aliphatic hydroxyl groups is 1. The van der Waals surface area contributed by atoms with Crippen LogP contribution >= 0.6 is 0 Å². The summed E-state index contributed by atoms with van der Waals surface area (Å²) in [6, 6.07) is 0. The second kappa shape index (κ2) is 4.42. The molecule has 4 heteroatoms. The van der Waals surface area contributed by atoms with Gasteiger partial charge in [0, 0.05) is 43.9 Å². The molecule has 1 saturated carbocycles. The first-order valence-electron chi connectivity index (χ1n) is 6.68. The van der Waals surface area contributed by atoms with Crippen molar-refractivity contribution in [2.24, 2.45) is 11.8 Å². The molecule has 1 aromatic rings. The summed E-state index contributed by atoms with van der Waals surface area (Å²) in [5.41, 5.74) is 1.29. The number of aryl methyl sites for hydroxylation is 1. The van der Waals surface area contributed by atoms with Gasteiger partial charge in [0.15, 0.2) is 0 Å². The highest BCUT2D eigenvalue weighted by molar-refractivity contribution is 5.05. The molecule has 2 aliphatic rings. The first kappa shape index (κ1) is 11.2. The Morgan fingerprint density at radius 2 is 2.29 bits per heavy atom. The Kier molecular flexibility index (Phi) is 2.92. The number of rotatable bonds is 3. The van der Waals surface area contributed by atoms with Crippen LogP contribution in [-0.2, 0) is 13.1 Å². The van der Waals surface area contributed by atoms with Gasteiger partial charge in [0.1, 0.15) is 0 Å². The van der Waals surface area contributed by atoms with Gasteiger partial charge in [-0.2, -0.15) is 5.10 Å². The highest BCUT2D eigenvalue weighted by Gasteiger charge is 2.41. The van der Waals surface area contributed by atoms with E-state index in [1.54, 1.807) is 0 Å². The number of nitrogens with zero attached hydrogens (tertiary/aromatic N) is 3. The summed E-state index contributed by atoms with van der Waals surface area (Å²) in [7, 11) is 0. The fourth-order valence-electron chi connectivity index (χ4n) is 3.38. The molecule has 1 N–H and O–H groups in total. The summed E-state index contributed by atoms with van der Waals surface area (Å²) in [6.07, 6.45) is 6.26. The maximum Gasteiger partial charge on any atom is 0.0583 e. The molecule has 3 unspecified atom stereocenters. The second-order valence-corrected chi connectivity index (χ2v) is 5.47. The van der Waals surface area contributed by atoms with E-state index in [4.69, 9.17) is 0 Å². The van der Waals surface area contributed by atoms with E-state index in [2.05, 4.69) is 23.1 Å². The van der Waals surface area contributed by atoms with Gasteiger partial charge in [-0.15, -0.1) is 0 Å². The van der Waals surface area contributed by atoms with Gasteiger partial charge in [-0.05, 0) is 25.7 Å². The number of hydrogen-bond acceptors (Lipinski definition) is 3. The Morgan fingerprint density at radius 1 is 1.41 bits per heavy atom. The van der Waals surface area contributed by atoms with Crippen LogP contribution in [0.3, 0.4) is 0 Å². The Labute approximate surface area is 102 Å². The van der Waals surface area contributed by atoms with Gasteiger partial charge < -0.3 is 5.11 Å². The van der Waals surface area contributed by atoms with Crippen LogP contribution in [0.5, 0.6) is 0 Å². The highest BCUT2D eigenvalue weighted by atomic mass is 16.3. The van der Waals surface area contributed by atoms with Crippen molar-refractivity contribution in [3.63, 3.8) is 0 Å². The van der Waals surface area contributed by atoms with Crippen LogP contribution in [0.1, 0.15) is 25.3 Å². The van der Waals surface area contributed by atoms with Crippen LogP contribution in [0.4, 0.5) is 0 Å². The largest absolute Gasteiger partial charge is 0.393 e. The van der Waals surface area contributed by atoms with Crippen molar-refractivity contribution in [1.29, 1.82) is 0 Å². The van der Waals surface area contributed by atoms with E-state index in [9.17, 15) is 5.11 Å². The van der Waals surface area contributed by atoms with Crippen molar-refractivity contribution < 1.29 is 5.11 Å². The number of aromatic nitrogens is 2. The predicted octanol–water partition coefficient (Wildman–Crippen LogP) is 1.11. The topological polar surface area (TPSA) is 41.3 Å². The van der Waals surface area contributed by atoms with Crippen molar-refractivity contribution in [2.75, 3.05) is 13.1 Å². The Balaban J connectivity index is 1.60. The zero-order valence-electron chi connectivity index (χ0n) is 10.4. The first-order chi connectivity index (χ1) is 8.26. The highest BCUT2D eigenvalue weighted by Crippen LogP contribution is 2.38. The summed E-state index contributed by atoms with van der Waals surface area (Å²) in [5, 5.41) is 14.2. The van der Waals surface area contributed by atoms with E-state index < -0.39 is 0 Å². The quantitative estimate of drug-likeness (QED) is 0.853. The van der Waals surface area contributed by atoms with Crippen LogP contribution in [0, 0.1) is 11.8 Å². The Bertz CT molecular complexity index is 390. The molecule has 1 aliphatic heterocycles. The van der Waals surface area contributed by atoms with E-state index in [1.165, 1.54) is 12.0 Å². The maximum atomic E-state index is 9.88. The van der Waals surface area contributed by atoms with Crippen molar-refractivity contribution >= 4 is 0 Å². The van der Waals surface area contributed by atoms with E-state index in [1.807, 2.05) is 10.9 Å². The van der Waals surface area contributed by atoms with E-state index in [-0.39, 0.29) is 6.10 Å². The minimum Gasteiger partial charge on any atom is -0.393 e. The van der Waals surface area contributed by atoms with E-state index in [0.29, 0.717) is 5.92 Å². The summed E-state index contributed by atoms with van der Waals surface area (Å²) >= 11 is 0. The first-order valence-corrected chi connectivity index (χ1v) is 6.68. The third-order valence-electron chi connectivity index (χ3n) is 4.31. The van der Waals surface area contributed by atoms with Gasteiger partial charge in [-0.25, -0.2) is 0 Å². The van der Waals surface area contributed by atoms with Crippen LogP contribution < -0.4 is 0 Å². The van der Waals surface area contributed by atoms with Crippen LogP contribution in [0.2, 0.25) is 0 Å². The molecule has 17 heavy (non-hydrogen) atoms. The van der Waals surface area contributed by atoms with Crippen molar-refractivity contribution in [1.82, 2.24) is 14.7 Å². The van der Waals surface area contributed by atoms with Gasteiger partial charge in [0.25, 0.3) is 0 Å². The smallest absolute Gasteiger partial charge is 0.0583 e. The molecule has 0 bridgehead atoms. The molecule has 3 rings (SSSR count). The van der Waals surface area contributed by atoms with Crippen molar-refractivity contribution in [2.45, 2.75) is 39.0 Å². The Hall–Kier alpha value is -0.870. The van der Waals surface area contributed by atoms with Gasteiger partial charge in [0.05, 0.1) is 12.3 Å². The third kappa shape index (κ3) is 2.11. The van der Waals surface area contributed by atoms with Gasteiger partial charge in [-0.3, -0.25) is 9.58 Å². The normalized spacial score (nSPS) is 33.2. The molecule has 0 spiro atoms. The molecule has 2 heterocycles. The molecule has 3 atom stereocenters. The molecule has 0 aromatic carbocycles. The fraction of sp³-hybridized carbons (Fsp3) is 0.769. The maximum absolute atomic E-state index is 9.88. The van der Waals surface area contributed by atoms with Crippen LogP contribution in [0.15, 0.2) is 12.4 Å². The summed E-state index contributed by atoms with van der Waals surface area (Å²) in [6.45, 7) is 6.24. The van der Waals surface area contributed by atoms with Crippen LogP contribution in [0.25, 0.3) is 0 Å². The lowest BCUT2D eigenvalue weighted by Crippen LogP contribution is -2.24. The van der Waals surface area contributed by atoms with Crippen LogP contribution in [-0.4, -0.2) is 39.0 Å². The fourth-order valence-corrected chi connectivity index (χ4v) is 3.38.